The summed E-state index contributed by atoms with van der Waals surface area (Å²) in [5.74, 6) is 0.724. The van der Waals surface area contributed by atoms with Gasteiger partial charge >= 0.3 is 6.03 Å². The maximum atomic E-state index is 12.8. The van der Waals surface area contributed by atoms with Crippen molar-refractivity contribution in [3.63, 3.8) is 0 Å². The number of hydrogen-bond acceptors (Lipinski definition) is 2. The summed E-state index contributed by atoms with van der Waals surface area (Å²) >= 11 is 0. The monoisotopic (exact) mass is 316 g/mol. The van der Waals surface area contributed by atoms with Crippen molar-refractivity contribution in [3.05, 3.63) is 59.9 Å². The number of rotatable bonds is 5. The Kier molecular flexibility index (Phi) is 5.57. The van der Waals surface area contributed by atoms with Crippen molar-refractivity contribution >= 4 is 11.7 Å². The Morgan fingerprint density at radius 1 is 1.04 bits per heavy atom. The van der Waals surface area contributed by atoms with Gasteiger partial charge in [0.2, 0.25) is 0 Å². The van der Waals surface area contributed by atoms with Crippen molar-refractivity contribution in [1.29, 1.82) is 0 Å². The quantitative estimate of drug-likeness (QED) is 0.798. The normalized spacial score (nSPS) is 11.9. The number of benzene rings is 2. The van der Waals surface area contributed by atoms with Crippen LogP contribution in [0.15, 0.2) is 48.5 Å². The third-order valence-electron chi connectivity index (χ3n) is 3.28. The van der Waals surface area contributed by atoms with Crippen LogP contribution in [-0.4, -0.2) is 12.3 Å². The number of ether oxygens (including phenoxy) is 1. The van der Waals surface area contributed by atoms with Crippen LogP contribution in [0.3, 0.4) is 0 Å². The second-order valence-electron chi connectivity index (χ2n) is 5.56. The van der Waals surface area contributed by atoms with Crippen LogP contribution in [0.4, 0.5) is 14.9 Å². The van der Waals surface area contributed by atoms with Crippen molar-refractivity contribution in [3.8, 4) is 5.75 Å². The zero-order chi connectivity index (χ0) is 16.8. The Hall–Kier alpha value is -2.56. The van der Waals surface area contributed by atoms with E-state index in [2.05, 4.69) is 24.5 Å². The van der Waals surface area contributed by atoms with Gasteiger partial charge in [-0.3, -0.25) is 0 Å². The van der Waals surface area contributed by atoms with E-state index < -0.39 is 12.3 Å². The van der Waals surface area contributed by atoms with Gasteiger partial charge in [0.05, 0.1) is 0 Å². The van der Waals surface area contributed by atoms with Crippen molar-refractivity contribution in [1.82, 2.24) is 5.32 Å². The van der Waals surface area contributed by atoms with Crippen LogP contribution in [0, 0.1) is 5.82 Å². The molecule has 2 aromatic carbocycles. The average Bonchev–Trinajstić information content (AvgIpc) is 2.49. The smallest absolute Gasteiger partial charge is 0.322 e. The average molecular weight is 316 g/mol. The molecule has 0 spiro atoms. The van der Waals surface area contributed by atoms with Gasteiger partial charge < -0.3 is 15.4 Å². The van der Waals surface area contributed by atoms with Crippen LogP contribution >= 0.6 is 0 Å². The highest BCUT2D eigenvalue weighted by molar-refractivity contribution is 5.89. The van der Waals surface area contributed by atoms with Gasteiger partial charge in [0.25, 0.3) is 0 Å². The molecule has 2 amide bonds. The summed E-state index contributed by atoms with van der Waals surface area (Å²) in [7, 11) is 0. The predicted molar refractivity (Wildman–Crippen MR) is 89.2 cm³/mol. The highest BCUT2D eigenvalue weighted by atomic mass is 19.1. The van der Waals surface area contributed by atoms with E-state index in [9.17, 15) is 9.18 Å². The number of carbonyl (C=O) groups is 1. The number of nitrogens with one attached hydrogen (secondary N) is 2. The van der Waals surface area contributed by atoms with Crippen molar-refractivity contribution in [2.45, 2.75) is 32.9 Å². The van der Waals surface area contributed by atoms with Gasteiger partial charge in [-0.25, -0.2) is 9.18 Å². The lowest BCUT2D eigenvalue weighted by molar-refractivity contribution is 0.181. The van der Waals surface area contributed by atoms with Crippen LogP contribution in [0.1, 0.15) is 32.3 Å². The largest absolute Gasteiger partial charge is 0.471 e. The topological polar surface area (TPSA) is 50.4 Å². The highest BCUT2D eigenvalue weighted by Gasteiger charge is 2.12. The number of halogens is 1. The highest BCUT2D eigenvalue weighted by Crippen LogP contribution is 2.26. The minimum absolute atomic E-state index is 0.325. The summed E-state index contributed by atoms with van der Waals surface area (Å²) in [4.78, 5) is 11.9. The van der Waals surface area contributed by atoms with E-state index in [4.69, 9.17) is 4.74 Å². The molecule has 0 aliphatic rings. The zero-order valence-electron chi connectivity index (χ0n) is 13.5. The molecule has 2 rings (SSSR count). The molecule has 2 aromatic rings. The van der Waals surface area contributed by atoms with E-state index >= 15 is 0 Å². The standard InChI is InChI=1S/C18H21FN2O2/c1-12(2)16-6-4-5-7-17(16)23-13(3)20-18(22)21-15-10-8-14(19)9-11-15/h4-13H,1-3H3,(H2,20,21,22). The molecule has 2 N–H and O–H groups in total. The van der Waals surface area contributed by atoms with Gasteiger partial charge in [-0.15, -0.1) is 0 Å². The zero-order valence-corrected chi connectivity index (χ0v) is 13.5. The van der Waals surface area contributed by atoms with Crippen molar-refractivity contribution in [2.24, 2.45) is 0 Å². The predicted octanol–water partition coefficient (Wildman–Crippen LogP) is 4.50. The molecule has 1 unspecified atom stereocenters. The van der Waals surface area contributed by atoms with E-state index in [-0.39, 0.29) is 5.82 Å². The van der Waals surface area contributed by atoms with Crippen molar-refractivity contribution < 1.29 is 13.9 Å². The number of urea groups is 1. The number of hydrogen-bond donors (Lipinski definition) is 2. The Balaban J connectivity index is 1.93. The third kappa shape index (κ3) is 4.98. The third-order valence-corrected chi connectivity index (χ3v) is 3.28. The Bertz CT molecular complexity index is 656. The number of carbonyl (C=O) groups excluding carboxylic acids is 1. The molecular weight excluding hydrogens is 295 g/mol. The maximum absolute atomic E-state index is 12.8. The molecule has 0 fully saturated rings. The molecule has 0 heterocycles. The maximum Gasteiger partial charge on any atom is 0.322 e. The number of para-hydroxylation sites is 1. The minimum atomic E-state index is -0.504. The molecule has 0 bridgehead atoms. The second kappa shape index (κ2) is 7.63. The van der Waals surface area contributed by atoms with Crippen molar-refractivity contribution in [2.75, 3.05) is 5.32 Å². The van der Waals surface area contributed by atoms with E-state index in [0.717, 1.165) is 11.3 Å². The minimum Gasteiger partial charge on any atom is -0.471 e. The Morgan fingerprint density at radius 3 is 2.35 bits per heavy atom. The molecule has 5 heteroatoms. The first kappa shape index (κ1) is 16.8. The molecule has 0 saturated carbocycles. The lowest BCUT2D eigenvalue weighted by atomic mass is 10.0. The first-order chi connectivity index (χ1) is 11.0. The van der Waals surface area contributed by atoms with E-state index in [0.29, 0.717) is 11.6 Å². The summed E-state index contributed by atoms with van der Waals surface area (Å²) in [5, 5.41) is 5.32. The molecule has 0 aliphatic carbocycles. The van der Waals surface area contributed by atoms with Gasteiger partial charge in [-0.05, 0) is 48.7 Å². The summed E-state index contributed by atoms with van der Waals surface area (Å²) in [6, 6.07) is 12.9. The molecule has 4 nitrogen and oxygen atoms in total. The molecule has 0 saturated heterocycles. The number of amides is 2. The lowest BCUT2D eigenvalue weighted by Gasteiger charge is -2.20. The molecular formula is C18H21FN2O2. The molecule has 0 aliphatic heterocycles. The Labute approximate surface area is 135 Å². The summed E-state index contributed by atoms with van der Waals surface area (Å²) in [6.45, 7) is 5.92. The van der Waals surface area contributed by atoms with Gasteiger partial charge in [-0.2, -0.15) is 0 Å². The van der Waals surface area contributed by atoms with Crippen LogP contribution in [0.2, 0.25) is 0 Å². The fourth-order valence-electron chi connectivity index (χ4n) is 2.17. The van der Waals surface area contributed by atoms with Crippen LogP contribution < -0.4 is 15.4 Å². The molecule has 1 atom stereocenters. The van der Waals surface area contributed by atoms with E-state index in [1.807, 2.05) is 24.3 Å². The van der Waals surface area contributed by atoms with Crippen LogP contribution in [-0.2, 0) is 0 Å². The number of anilines is 1. The van der Waals surface area contributed by atoms with Gasteiger partial charge in [0, 0.05) is 5.69 Å². The molecule has 23 heavy (non-hydrogen) atoms. The first-order valence-electron chi connectivity index (χ1n) is 7.54. The van der Waals surface area contributed by atoms with Gasteiger partial charge in [0.1, 0.15) is 11.6 Å². The van der Waals surface area contributed by atoms with Gasteiger partial charge in [0.15, 0.2) is 6.23 Å². The van der Waals surface area contributed by atoms with Crippen LogP contribution in [0.25, 0.3) is 0 Å². The molecule has 0 radical (unpaired) electrons. The van der Waals surface area contributed by atoms with E-state index in [1.165, 1.54) is 24.3 Å². The van der Waals surface area contributed by atoms with Crippen LogP contribution in [0.5, 0.6) is 5.75 Å². The summed E-state index contributed by atoms with van der Waals surface area (Å²) in [6.07, 6.45) is -0.504. The summed E-state index contributed by atoms with van der Waals surface area (Å²) < 4.78 is 18.6. The second-order valence-corrected chi connectivity index (χ2v) is 5.56. The lowest BCUT2D eigenvalue weighted by Crippen LogP contribution is -2.39. The van der Waals surface area contributed by atoms with E-state index in [1.54, 1.807) is 6.92 Å². The summed E-state index contributed by atoms with van der Waals surface area (Å²) in [5.41, 5.74) is 1.60. The first-order valence-corrected chi connectivity index (χ1v) is 7.54. The van der Waals surface area contributed by atoms with Gasteiger partial charge in [-0.1, -0.05) is 32.0 Å². The SMILES string of the molecule is CC(NC(=O)Nc1ccc(F)cc1)Oc1ccccc1C(C)C. The molecule has 122 valence electrons. The fraction of sp³-hybridized carbons (Fsp3) is 0.278. The Morgan fingerprint density at radius 2 is 1.70 bits per heavy atom. The molecule has 0 aromatic heterocycles. The fourth-order valence-corrected chi connectivity index (χ4v) is 2.17.